The summed E-state index contributed by atoms with van der Waals surface area (Å²) in [5, 5.41) is 11.9. The number of hydrogen-bond donors (Lipinski definition) is 2. The number of aliphatic carboxylic acids is 1. The molecule has 0 aliphatic heterocycles. The second-order valence-electron chi connectivity index (χ2n) is 6.92. The minimum absolute atomic E-state index is 0.176. The molecule has 1 atom stereocenters. The number of carboxylic acids is 1. The van der Waals surface area contributed by atoms with E-state index in [4.69, 9.17) is 9.15 Å². The van der Waals surface area contributed by atoms with Crippen LogP contribution in [-0.2, 0) is 9.53 Å². The second-order valence-corrected chi connectivity index (χ2v) is 6.92. The Labute approximate surface area is 152 Å². The topological polar surface area (TPSA) is 102 Å². The number of ether oxygens (including phenoxy) is 1. The number of nitrogens with zero attached hydrogens (tertiary/aromatic N) is 1. The normalized spacial score (nSPS) is 12.6. The van der Waals surface area contributed by atoms with Gasteiger partial charge in [-0.2, -0.15) is 0 Å². The first kappa shape index (κ1) is 19.7. The Morgan fingerprint density at radius 1 is 1.31 bits per heavy atom. The Morgan fingerprint density at radius 3 is 2.58 bits per heavy atom. The molecule has 0 aromatic carbocycles. The molecule has 7 nitrogen and oxygen atoms in total. The summed E-state index contributed by atoms with van der Waals surface area (Å²) in [7, 11) is 0. The smallest absolute Gasteiger partial charge is 0.326 e. The molecule has 0 saturated carbocycles. The fraction of sp³-hybridized carbons (Fsp3) is 0.421. The van der Waals surface area contributed by atoms with Crippen molar-refractivity contribution < 1.29 is 23.8 Å². The Kier molecular flexibility index (Phi) is 6.15. The number of carbonyl (C=O) groups is 2. The van der Waals surface area contributed by atoms with Crippen molar-refractivity contribution in [3.05, 3.63) is 41.8 Å². The summed E-state index contributed by atoms with van der Waals surface area (Å²) in [5.41, 5.74) is 1.06. The van der Waals surface area contributed by atoms with Gasteiger partial charge in [-0.25, -0.2) is 9.78 Å². The summed E-state index contributed by atoms with van der Waals surface area (Å²) in [5.74, 6) is -0.986. The van der Waals surface area contributed by atoms with Gasteiger partial charge in [0.1, 0.15) is 11.7 Å². The summed E-state index contributed by atoms with van der Waals surface area (Å²) in [6.07, 6.45) is 1.72. The quantitative estimate of drug-likeness (QED) is 0.787. The Morgan fingerprint density at radius 2 is 2.04 bits per heavy atom. The Bertz CT molecular complexity index is 763. The number of furan rings is 1. The maximum absolute atomic E-state index is 12.5. The van der Waals surface area contributed by atoms with Gasteiger partial charge in [0.15, 0.2) is 5.76 Å². The van der Waals surface area contributed by atoms with E-state index < -0.39 is 17.9 Å². The van der Waals surface area contributed by atoms with Crippen molar-refractivity contribution in [3.63, 3.8) is 0 Å². The SMILES string of the molecule is Cc1nc(-c2ccco2)ccc1C(=O)NC(CCOC(C)(C)C)C(=O)O. The van der Waals surface area contributed by atoms with E-state index in [1.165, 1.54) is 0 Å². The van der Waals surface area contributed by atoms with Crippen LogP contribution < -0.4 is 5.32 Å². The van der Waals surface area contributed by atoms with Crippen molar-refractivity contribution >= 4 is 11.9 Å². The molecule has 2 heterocycles. The van der Waals surface area contributed by atoms with Crippen LogP contribution in [0.4, 0.5) is 0 Å². The van der Waals surface area contributed by atoms with Gasteiger partial charge in [-0.1, -0.05) is 0 Å². The van der Waals surface area contributed by atoms with Crippen molar-refractivity contribution in [2.75, 3.05) is 6.61 Å². The van der Waals surface area contributed by atoms with Crippen LogP contribution in [0.1, 0.15) is 43.2 Å². The highest BCUT2D eigenvalue weighted by molar-refractivity contribution is 5.97. The van der Waals surface area contributed by atoms with Crippen LogP contribution in [0.25, 0.3) is 11.5 Å². The van der Waals surface area contributed by atoms with Crippen molar-refractivity contribution in [2.45, 2.75) is 45.8 Å². The maximum Gasteiger partial charge on any atom is 0.326 e. The van der Waals surface area contributed by atoms with E-state index in [9.17, 15) is 14.7 Å². The van der Waals surface area contributed by atoms with Gasteiger partial charge in [0.05, 0.1) is 23.1 Å². The molecule has 0 radical (unpaired) electrons. The summed E-state index contributed by atoms with van der Waals surface area (Å²) in [6, 6.07) is 5.77. The molecule has 0 fully saturated rings. The number of aryl methyl sites for hydroxylation is 1. The second kappa shape index (κ2) is 8.14. The fourth-order valence-corrected chi connectivity index (χ4v) is 2.34. The monoisotopic (exact) mass is 360 g/mol. The van der Waals surface area contributed by atoms with Crippen molar-refractivity contribution in [3.8, 4) is 11.5 Å². The number of carboxylic acid groups (broad SMARTS) is 1. The van der Waals surface area contributed by atoms with Crippen LogP contribution in [-0.4, -0.2) is 40.2 Å². The Hall–Kier alpha value is -2.67. The first-order valence-electron chi connectivity index (χ1n) is 8.36. The van der Waals surface area contributed by atoms with Gasteiger partial charge in [0.2, 0.25) is 0 Å². The number of carbonyl (C=O) groups excluding carboxylic acids is 1. The summed E-state index contributed by atoms with van der Waals surface area (Å²) in [4.78, 5) is 28.2. The van der Waals surface area contributed by atoms with Gasteiger partial charge in [-0.3, -0.25) is 4.79 Å². The minimum Gasteiger partial charge on any atom is -0.480 e. The molecule has 0 aliphatic rings. The van der Waals surface area contributed by atoms with E-state index >= 15 is 0 Å². The molecule has 140 valence electrons. The third kappa shape index (κ3) is 5.42. The van der Waals surface area contributed by atoms with Gasteiger partial charge in [0.25, 0.3) is 5.91 Å². The standard InChI is InChI=1S/C19H24N2O5/c1-12-13(7-8-14(20-12)16-6-5-10-25-16)17(22)21-15(18(23)24)9-11-26-19(2,3)4/h5-8,10,15H,9,11H2,1-4H3,(H,21,22)(H,23,24). The van der Waals surface area contributed by atoms with Gasteiger partial charge < -0.3 is 19.6 Å². The van der Waals surface area contributed by atoms with Crippen molar-refractivity contribution in [1.82, 2.24) is 10.3 Å². The van der Waals surface area contributed by atoms with E-state index in [0.717, 1.165) is 0 Å². The van der Waals surface area contributed by atoms with Crippen LogP contribution in [0.2, 0.25) is 0 Å². The van der Waals surface area contributed by atoms with E-state index in [1.54, 1.807) is 37.5 Å². The summed E-state index contributed by atoms with van der Waals surface area (Å²) < 4.78 is 10.8. The zero-order valence-electron chi connectivity index (χ0n) is 15.4. The highest BCUT2D eigenvalue weighted by Gasteiger charge is 2.23. The number of rotatable bonds is 7. The molecule has 2 aromatic heterocycles. The summed E-state index contributed by atoms with van der Waals surface area (Å²) in [6.45, 7) is 7.58. The lowest BCUT2D eigenvalue weighted by Gasteiger charge is -2.21. The van der Waals surface area contributed by atoms with Crippen LogP contribution in [0.5, 0.6) is 0 Å². The third-order valence-electron chi connectivity index (χ3n) is 3.65. The highest BCUT2D eigenvalue weighted by atomic mass is 16.5. The van der Waals surface area contributed by atoms with Crippen LogP contribution >= 0.6 is 0 Å². The third-order valence-corrected chi connectivity index (χ3v) is 3.65. The first-order valence-corrected chi connectivity index (χ1v) is 8.36. The molecule has 2 rings (SSSR count). The molecule has 7 heteroatoms. The van der Waals surface area contributed by atoms with E-state index in [-0.39, 0.29) is 18.6 Å². The molecule has 0 aliphatic carbocycles. The molecule has 2 N–H and O–H groups in total. The first-order chi connectivity index (χ1) is 12.2. The van der Waals surface area contributed by atoms with Gasteiger partial charge >= 0.3 is 5.97 Å². The van der Waals surface area contributed by atoms with Gasteiger partial charge in [0, 0.05) is 13.0 Å². The van der Waals surface area contributed by atoms with Crippen molar-refractivity contribution in [1.29, 1.82) is 0 Å². The largest absolute Gasteiger partial charge is 0.480 e. The summed E-state index contributed by atoms with van der Waals surface area (Å²) >= 11 is 0. The van der Waals surface area contributed by atoms with Crippen LogP contribution in [0, 0.1) is 6.92 Å². The number of amides is 1. The minimum atomic E-state index is -1.10. The fourth-order valence-electron chi connectivity index (χ4n) is 2.34. The number of pyridine rings is 1. The molecule has 0 spiro atoms. The molecule has 0 saturated heterocycles. The lowest BCUT2D eigenvalue weighted by molar-refractivity contribution is -0.140. The molecule has 0 bridgehead atoms. The van der Waals surface area contributed by atoms with E-state index in [1.807, 2.05) is 20.8 Å². The molecular weight excluding hydrogens is 336 g/mol. The lowest BCUT2D eigenvalue weighted by Crippen LogP contribution is -2.42. The molecular formula is C19H24N2O5. The average molecular weight is 360 g/mol. The molecule has 1 unspecified atom stereocenters. The predicted molar refractivity (Wildman–Crippen MR) is 95.9 cm³/mol. The zero-order chi connectivity index (χ0) is 19.3. The Balaban J connectivity index is 2.05. The average Bonchev–Trinajstić information content (AvgIpc) is 3.06. The zero-order valence-corrected chi connectivity index (χ0v) is 15.4. The molecule has 26 heavy (non-hydrogen) atoms. The lowest BCUT2D eigenvalue weighted by atomic mass is 10.1. The maximum atomic E-state index is 12.5. The van der Waals surface area contributed by atoms with Crippen molar-refractivity contribution in [2.24, 2.45) is 0 Å². The highest BCUT2D eigenvalue weighted by Crippen LogP contribution is 2.19. The van der Waals surface area contributed by atoms with Gasteiger partial charge in [-0.15, -0.1) is 0 Å². The van der Waals surface area contributed by atoms with E-state index in [2.05, 4.69) is 10.3 Å². The predicted octanol–water partition coefficient (Wildman–Crippen LogP) is 3.04. The number of hydrogen-bond acceptors (Lipinski definition) is 5. The van der Waals surface area contributed by atoms with Crippen LogP contribution in [0.15, 0.2) is 34.9 Å². The number of aromatic nitrogens is 1. The van der Waals surface area contributed by atoms with E-state index in [0.29, 0.717) is 22.7 Å². The van der Waals surface area contributed by atoms with Gasteiger partial charge in [-0.05, 0) is 52.0 Å². The van der Waals surface area contributed by atoms with Crippen LogP contribution in [0.3, 0.4) is 0 Å². The molecule has 1 amide bonds. The molecule has 2 aromatic rings. The number of nitrogens with one attached hydrogen (secondary N) is 1.